The van der Waals surface area contributed by atoms with Crippen LogP contribution in [-0.4, -0.2) is 29.6 Å². The predicted molar refractivity (Wildman–Crippen MR) is 57.0 cm³/mol. The zero-order valence-corrected chi connectivity index (χ0v) is 9.25. The van der Waals surface area contributed by atoms with E-state index in [1.807, 2.05) is 0 Å². The largest absolute Gasteiger partial charge is 0.481 e. The summed E-state index contributed by atoms with van der Waals surface area (Å²) in [6, 6.07) is 0. The fourth-order valence-electron chi connectivity index (χ4n) is 1.64. The number of rotatable bonds is 2. The van der Waals surface area contributed by atoms with Crippen LogP contribution in [0.4, 0.5) is 0 Å². The molecule has 0 aliphatic carbocycles. The van der Waals surface area contributed by atoms with Crippen molar-refractivity contribution in [3.05, 3.63) is 32.9 Å². The molecule has 0 unspecified atom stereocenters. The first-order valence-electron chi connectivity index (χ1n) is 4.77. The fourth-order valence-corrected chi connectivity index (χ4v) is 1.64. The van der Waals surface area contributed by atoms with Gasteiger partial charge in [0.2, 0.25) is 5.78 Å². The first-order chi connectivity index (χ1) is 7.93. The van der Waals surface area contributed by atoms with Crippen molar-refractivity contribution in [2.45, 2.75) is 6.42 Å². The molecule has 0 aromatic carbocycles. The molecular formula is C9H10N4O4. The lowest BCUT2D eigenvalue weighted by molar-refractivity contribution is -0.136. The van der Waals surface area contributed by atoms with Crippen LogP contribution >= 0.6 is 0 Å². The van der Waals surface area contributed by atoms with Gasteiger partial charge in [-0.1, -0.05) is 0 Å². The van der Waals surface area contributed by atoms with Crippen molar-refractivity contribution in [3.63, 3.8) is 0 Å². The van der Waals surface area contributed by atoms with Gasteiger partial charge in [-0.15, -0.1) is 0 Å². The summed E-state index contributed by atoms with van der Waals surface area (Å²) in [5.41, 5.74) is -0.865. The van der Waals surface area contributed by atoms with Gasteiger partial charge in [0.15, 0.2) is 0 Å². The van der Waals surface area contributed by atoms with Crippen molar-refractivity contribution in [1.82, 2.24) is 18.5 Å². The average molecular weight is 238 g/mol. The summed E-state index contributed by atoms with van der Waals surface area (Å²) in [7, 11) is 2.79. The maximum atomic E-state index is 11.8. The highest BCUT2D eigenvalue weighted by Crippen LogP contribution is 2.01. The van der Waals surface area contributed by atoms with Crippen LogP contribution in [0.3, 0.4) is 0 Å². The summed E-state index contributed by atoms with van der Waals surface area (Å²) < 4.78 is 3.21. The van der Waals surface area contributed by atoms with Crippen LogP contribution in [0.5, 0.6) is 0 Å². The molecule has 0 saturated heterocycles. The minimum absolute atomic E-state index is 0.134. The number of aromatic nitrogens is 4. The van der Waals surface area contributed by atoms with Crippen LogP contribution in [0, 0.1) is 0 Å². The molecule has 2 rings (SSSR count). The Morgan fingerprint density at radius 2 is 1.94 bits per heavy atom. The van der Waals surface area contributed by atoms with E-state index in [0.717, 1.165) is 8.97 Å². The van der Waals surface area contributed by atoms with E-state index < -0.39 is 17.3 Å². The monoisotopic (exact) mass is 238 g/mol. The minimum Gasteiger partial charge on any atom is -0.481 e. The lowest BCUT2D eigenvalue weighted by atomic mass is 10.3. The molecule has 0 radical (unpaired) electrons. The summed E-state index contributed by atoms with van der Waals surface area (Å²) in [4.78, 5) is 38.0. The third kappa shape index (κ3) is 1.53. The van der Waals surface area contributed by atoms with Crippen molar-refractivity contribution in [2.24, 2.45) is 14.1 Å². The topological polar surface area (TPSA) is 98.6 Å². The molecule has 2 aromatic heterocycles. The zero-order valence-electron chi connectivity index (χ0n) is 9.25. The number of carboxylic acid groups (broad SMARTS) is 1. The Balaban J connectivity index is 2.90. The van der Waals surface area contributed by atoms with E-state index in [4.69, 9.17) is 5.11 Å². The van der Waals surface area contributed by atoms with Crippen LogP contribution in [-0.2, 0) is 25.3 Å². The normalized spacial score (nSPS) is 10.9. The smallest absolute Gasteiger partial charge is 0.339 e. The average Bonchev–Trinajstić information content (AvgIpc) is 2.66. The maximum absolute atomic E-state index is 11.8. The van der Waals surface area contributed by atoms with Gasteiger partial charge < -0.3 is 5.11 Å². The lowest BCUT2D eigenvalue weighted by Gasteiger charge is -2.05. The number of hydrogen-bond acceptors (Lipinski definition) is 4. The van der Waals surface area contributed by atoms with Crippen molar-refractivity contribution >= 4 is 11.7 Å². The molecule has 0 fully saturated rings. The molecule has 8 heteroatoms. The molecule has 8 nitrogen and oxygen atoms in total. The number of nitrogens with zero attached hydrogens (tertiary/aromatic N) is 4. The van der Waals surface area contributed by atoms with Gasteiger partial charge in [0, 0.05) is 14.1 Å². The van der Waals surface area contributed by atoms with Crippen molar-refractivity contribution in [3.8, 4) is 0 Å². The first kappa shape index (κ1) is 11.1. The Morgan fingerprint density at radius 3 is 2.53 bits per heavy atom. The summed E-state index contributed by atoms with van der Waals surface area (Å²) in [5, 5.41) is 8.71. The quantitative estimate of drug-likeness (QED) is 0.676. The molecule has 0 aliphatic heterocycles. The maximum Gasteiger partial charge on any atom is 0.339 e. The van der Waals surface area contributed by atoms with Gasteiger partial charge in [-0.2, -0.15) is 0 Å². The molecule has 1 N–H and O–H groups in total. The van der Waals surface area contributed by atoms with E-state index in [9.17, 15) is 14.4 Å². The Hall–Kier alpha value is -2.38. The second-order valence-corrected chi connectivity index (χ2v) is 3.64. The fraction of sp³-hybridized carbons (Fsp3) is 0.333. The number of hydrogen-bond donors (Lipinski definition) is 1. The first-order valence-corrected chi connectivity index (χ1v) is 4.77. The Bertz CT molecular complexity index is 721. The molecule has 0 atom stereocenters. The molecule has 0 amide bonds. The molecule has 0 spiro atoms. The summed E-state index contributed by atoms with van der Waals surface area (Å²) >= 11 is 0. The lowest BCUT2D eigenvalue weighted by Crippen LogP contribution is -2.41. The third-order valence-corrected chi connectivity index (χ3v) is 2.50. The highest BCUT2D eigenvalue weighted by atomic mass is 16.4. The number of fused-ring (bicyclic) bond motifs is 1. The van der Waals surface area contributed by atoms with Gasteiger partial charge in [-0.3, -0.25) is 9.36 Å². The molecule has 0 saturated carbocycles. The molecular weight excluding hydrogens is 228 g/mol. The Kier molecular flexibility index (Phi) is 2.34. The van der Waals surface area contributed by atoms with E-state index in [0.29, 0.717) is 0 Å². The van der Waals surface area contributed by atoms with Crippen LogP contribution in [0.2, 0.25) is 0 Å². The molecule has 2 heterocycles. The highest BCUT2D eigenvalue weighted by Gasteiger charge is 2.14. The van der Waals surface area contributed by atoms with Gasteiger partial charge in [-0.25, -0.2) is 23.5 Å². The predicted octanol–water partition coefficient (Wildman–Crippen LogP) is -1.64. The van der Waals surface area contributed by atoms with Gasteiger partial charge in [-0.05, 0) is 0 Å². The summed E-state index contributed by atoms with van der Waals surface area (Å²) in [6.45, 7) is 0. The number of aryl methyl sites for hydroxylation is 1. The van der Waals surface area contributed by atoms with Crippen molar-refractivity contribution in [2.75, 3.05) is 0 Å². The molecule has 17 heavy (non-hydrogen) atoms. The zero-order chi connectivity index (χ0) is 12.7. The van der Waals surface area contributed by atoms with E-state index >= 15 is 0 Å². The third-order valence-electron chi connectivity index (χ3n) is 2.50. The number of carboxylic acids is 1. The Labute approximate surface area is 94.4 Å². The van der Waals surface area contributed by atoms with Gasteiger partial charge in [0.05, 0.1) is 18.3 Å². The van der Waals surface area contributed by atoms with Crippen LogP contribution in [0.1, 0.15) is 5.69 Å². The molecule has 0 aliphatic rings. The number of carbonyl (C=O) groups is 1. The highest BCUT2D eigenvalue weighted by molar-refractivity contribution is 5.69. The van der Waals surface area contributed by atoms with Gasteiger partial charge in [0.1, 0.15) is 0 Å². The number of imidazole rings is 1. The van der Waals surface area contributed by atoms with Gasteiger partial charge in [0.25, 0.3) is 0 Å². The molecule has 90 valence electrons. The summed E-state index contributed by atoms with van der Waals surface area (Å²) in [5.74, 6) is -0.933. The van der Waals surface area contributed by atoms with Crippen LogP contribution in [0.15, 0.2) is 15.8 Å². The van der Waals surface area contributed by atoms with Crippen LogP contribution < -0.4 is 11.4 Å². The van der Waals surface area contributed by atoms with Crippen molar-refractivity contribution < 1.29 is 9.90 Å². The SMILES string of the molecule is Cn1c(=O)n(C)c2ncc(CC(=O)O)n2c1=O. The van der Waals surface area contributed by atoms with E-state index in [1.165, 1.54) is 24.9 Å². The molecule has 2 aromatic rings. The standard InChI is InChI=1S/C9H10N4O4/c1-11-7-10-4-5(3-6(14)15)13(7)9(17)12(2)8(11)16/h4H,3H2,1-2H3,(H,14,15). The summed E-state index contributed by atoms with van der Waals surface area (Å²) in [6.07, 6.45) is 0.957. The van der Waals surface area contributed by atoms with E-state index in [-0.39, 0.29) is 17.9 Å². The number of aliphatic carboxylic acids is 1. The van der Waals surface area contributed by atoms with E-state index in [2.05, 4.69) is 4.98 Å². The minimum atomic E-state index is -1.07. The Morgan fingerprint density at radius 1 is 1.29 bits per heavy atom. The second-order valence-electron chi connectivity index (χ2n) is 3.64. The van der Waals surface area contributed by atoms with Gasteiger partial charge >= 0.3 is 17.3 Å². The van der Waals surface area contributed by atoms with Crippen LogP contribution in [0.25, 0.3) is 5.78 Å². The van der Waals surface area contributed by atoms with E-state index in [1.54, 1.807) is 0 Å². The molecule has 0 bridgehead atoms. The van der Waals surface area contributed by atoms with Crippen molar-refractivity contribution in [1.29, 1.82) is 0 Å². The second kappa shape index (κ2) is 3.58.